The fourth-order valence-electron chi connectivity index (χ4n) is 3.19. The third kappa shape index (κ3) is 4.01. The minimum absolute atomic E-state index is 0.0370. The van der Waals surface area contributed by atoms with Crippen LogP contribution in [-0.4, -0.2) is 16.7 Å². The summed E-state index contributed by atoms with van der Waals surface area (Å²) in [6.45, 7) is 0. The van der Waals surface area contributed by atoms with Gasteiger partial charge in [0.15, 0.2) is 10.9 Å². The SMILES string of the molecule is O=C(CCC(=O)c1ccc(Br)cc1)Nc1nc2c(s1)CCc1ccccc1-2. The van der Waals surface area contributed by atoms with Crippen LogP contribution in [0.4, 0.5) is 5.13 Å². The van der Waals surface area contributed by atoms with E-state index in [0.717, 1.165) is 28.6 Å². The molecule has 1 aliphatic rings. The molecular weight excluding hydrogens is 424 g/mol. The van der Waals surface area contributed by atoms with E-state index in [1.165, 1.54) is 21.8 Å². The minimum Gasteiger partial charge on any atom is -0.302 e. The van der Waals surface area contributed by atoms with E-state index >= 15 is 0 Å². The van der Waals surface area contributed by atoms with Gasteiger partial charge in [-0.3, -0.25) is 9.59 Å². The third-order valence-electron chi connectivity index (χ3n) is 4.58. The van der Waals surface area contributed by atoms with Gasteiger partial charge in [0, 0.05) is 33.3 Å². The molecule has 0 saturated carbocycles. The Morgan fingerprint density at radius 3 is 2.63 bits per heavy atom. The number of anilines is 1. The van der Waals surface area contributed by atoms with Crippen LogP contribution in [0, 0.1) is 0 Å². The van der Waals surface area contributed by atoms with Gasteiger partial charge in [-0.15, -0.1) is 11.3 Å². The second kappa shape index (κ2) is 7.74. The highest BCUT2D eigenvalue weighted by atomic mass is 79.9. The first-order valence-electron chi connectivity index (χ1n) is 8.77. The maximum atomic E-state index is 12.3. The zero-order valence-corrected chi connectivity index (χ0v) is 16.9. The van der Waals surface area contributed by atoms with Gasteiger partial charge in [-0.05, 0) is 30.5 Å². The largest absolute Gasteiger partial charge is 0.302 e. The van der Waals surface area contributed by atoms with Crippen LogP contribution in [0.2, 0.25) is 0 Å². The van der Waals surface area contributed by atoms with Gasteiger partial charge in [-0.2, -0.15) is 0 Å². The van der Waals surface area contributed by atoms with Crippen molar-refractivity contribution < 1.29 is 9.59 Å². The molecule has 3 aromatic rings. The fourth-order valence-corrected chi connectivity index (χ4v) is 4.45. The zero-order valence-electron chi connectivity index (χ0n) is 14.5. The average molecular weight is 441 g/mol. The molecule has 0 bridgehead atoms. The number of carbonyl (C=O) groups excluding carboxylic acids is 2. The monoisotopic (exact) mass is 440 g/mol. The lowest BCUT2D eigenvalue weighted by Crippen LogP contribution is -2.13. The molecule has 0 fully saturated rings. The predicted molar refractivity (Wildman–Crippen MR) is 111 cm³/mol. The molecule has 4 rings (SSSR count). The van der Waals surface area contributed by atoms with E-state index in [2.05, 4.69) is 38.4 Å². The molecule has 1 N–H and O–H groups in total. The Bertz CT molecular complexity index is 1010. The van der Waals surface area contributed by atoms with Crippen LogP contribution in [-0.2, 0) is 17.6 Å². The zero-order chi connectivity index (χ0) is 18.8. The third-order valence-corrected chi connectivity index (χ3v) is 6.14. The molecule has 0 aliphatic heterocycles. The molecule has 6 heteroatoms. The molecule has 136 valence electrons. The van der Waals surface area contributed by atoms with Crippen LogP contribution in [0.15, 0.2) is 53.0 Å². The molecular formula is C21H17BrN2O2S. The highest BCUT2D eigenvalue weighted by Crippen LogP contribution is 2.37. The first kappa shape index (κ1) is 18.1. The van der Waals surface area contributed by atoms with E-state index < -0.39 is 0 Å². The van der Waals surface area contributed by atoms with Gasteiger partial charge in [0.1, 0.15) is 0 Å². The summed E-state index contributed by atoms with van der Waals surface area (Å²) in [6.07, 6.45) is 2.28. The summed E-state index contributed by atoms with van der Waals surface area (Å²) in [5.41, 5.74) is 4.05. The van der Waals surface area contributed by atoms with Gasteiger partial charge in [-0.1, -0.05) is 52.3 Å². The van der Waals surface area contributed by atoms with Crippen molar-refractivity contribution in [2.75, 3.05) is 5.32 Å². The summed E-state index contributed by atoms with van der Waals surface area (Å²) in [6, 6.07) is 15.4. The summed E-state index contributed by atoms with van der Waals surface area (Å²) < 4.78 is 0.922. The van der Waals surface area contributed by atoms with Crippen LogP contribution in [0.5, 0.6) is 0 Å². The second-order valence-corrected chi connectivity index (χ2v) is 8.43. The van der Waals surface area contributed by atoms with Crippen molar-refractivity contribution in [2.24, 2.45) is 0 Å². The lowest BCUT2D eigenvalue weighted by Gasteiger charge is -2.13. The minimum atomic E-state index is -0.181. The van der Waals surface area contributed by atoms with Crippen LogP contribution in [0.3, 0.4) is 0 Å². The average Bonchev–Trinajstić information content (AvgIpc) is 3.09. The molecule has 0 saturated heterocycles. The van der Waals surface area contributed by atoms with E-state index in [0.29, 0.717) is 10.7 Å². The molecule has 0 radical (unpaired) electrons. The van der Waals surface area contributed by atoms with E-state index in [1.807, 2.05) is 24.3 Å². The molecule has 4 nitrogen and oxygen atoms in total. The van der Waals surface area contributed by atoms with Gasteiger partial charge in [0.25, 0.3) is 0 Å². The van der Waals surface area contributed by atoms with Gasteiger partial charge in [0.05, 0.1) is 5.69 Å². The molecule has 0 spiro atoms. The fraction of sp³-hybridized carbons (Fsp3) is 0.190. The number of amides is 1. The highest BCUT2D eigenvalue weighted by Gasteiger charge is 2.21. The van der Waals surface area contributed by atoms with Crippen molar-refractivity contribution in [1.29, 1.82) is 0 Å². The van der Waals surface area contributed by atoms with Crippen molar-refractivity contribution >= 4 is 44.1 Å². The first-order chi connectivity index (χ1) is 13.1. The second-order valence-electron chi connectivity index (χ2n) is 6.43. The topological polar surface area (TPSA) is 59.1 Å². The smallest absolute Gasteiger partial charge is 0.226 e. The number of aryl methyl sites for hydroxylation is 2. The van der Waals surface area contributed by atoms with Crippen molar-refractivity contribution in [3.05, 3.63) is 69.0 Å². The van der Waals surface area contributed by atoms with Gasteiger partial charge >= 0.3 is 0 Å². The summed E-state index contributed by atoms with van der Waals surface area (Å²) >= 11 is 4.87. The normalized spacial score (nSPS) is 12.2. The Morgan fingerprint density at radius 2 is 1.81 bits per heavy atom. The number of hydrogen-bond donors (Lipinski definition) is 1. The highest BCUT2D eigenvalue weighted by molar-refractivity contribution is 9.10. The summed E-state index contributed by atoms with van der Waals surface area (Å²) in [4.78, 5) is 30.3. The molecule has 0 atom stereocenters. The predicted octanol–water partition coefficient (Wildman–Crippen LogP) is 5.27. The molecule has 0 unspecified atom stereocenters. The number of benzene rings is 2. The van der Waals surface area contributed by atoms with Crippen LogP contribution in [0.25, 0.3) is 11.3 Å². The van der Waals surface area contributed by atoms with E-state index in [1.54, 1.807) is 12.1 Å². The number of nitrogens with one attached hydrogen (secondary N) is 1. The molecule has 27 heavy (non-hydrogen) atoms. The van der Waals surface area contributed by atoms with Crippen LogP contribution >= 0.6 is 27.3 Å². The number of Topliss-reactive ketones (excluding diaryl/α,β-unsaturated/α-hetero) is 1. The molecule has 1 aliphatic carbocycles. The van der Waals surface area contributed by atoms with Gasteiger partial charge < -0.3 is 5.32 Å². The van der Waals surface area contributed by atoms with Gasteiger partial charge in [-0.25, -0.2) is 4.98 Å². The van der Waals surface area contributed by atoms with E-state index in [-0.39, 0.29) is 24.5 Å². The summed E-state index contributed by atoms with van der Waals surface area (Å²) in [7, 11) is 0. The number of halogens is 1. The van der Waals surface area contributed by atoms with Crippen molar-refractivity contribution in [3.8, 4) is 11.3 Å². The molecule has 1 heterocycles. The number of hydrogen-bond acceptors (Lipinski definition) is 4. The van der Waals surface area contributed by atoms with Crippen molar-refractivity contribution in [2.45, 2.75) is 25.7 Å². The number of nitrogens with zero attached hydrogens (tertiary/aromatic N) is 1. The number of rotatable bonds is 5. The Kier molecular flexibility index (Phi) is 5.18. The Morgan fingerprint density at radius 1 is 1.04 bits per heavy atom. The van der Waals surface area contributed by atoms with Crippen LogP contribution < -0.4 is 5.32 Å². The molecule has 2 aromatic carbocycles. The Hall–Kier alpha value is -2.31. The number of aromatic nitrogens is 1. The summed E-state index contributed by atoms with van der Waals surface area (Å²) in [5, 5.41) is 3.46. The quantitative estimate of drug-likeness (QED) is 0.549. The Labute approximate surface area is 169 Å². The van der Waals surface area contributed by atoms with E-state index in [9.17, 15) is 9.59 Å². The van der Waals surface area contributed by atoms with E-state index in [4.69, 9.17) is 0 Å². The lowest BCUT2D eigenvalue weighted by atomic mass is 9.94. The maximum absolute atomic E-state index is 12.3. The number of fused-ring (bicyclic) bond motifs is 3. The Balaban J connectivity index is 1.39. The summed E-state index contributed by atoms with van der Waals surface area (Å²) in [5.74, 6) is -0.218. The number of carbonyl (C=O) groups is 2. The van der Waals surface area contributed by atoms with Crippen molar-refractivity contribution in [1.82, 2.24) is 4.98 Å². The number of ketones is 1. The standard InChI is InChI=1S/C21H17BrN2O2S/c22-15-8-5-14(6-9-15)17(25)10-12-19(26)23-21-24-20-16-4-2-1-3-13(16)7-11-18(20)27-21/h1-6,8-9H,7,10-12H2,(H,23,24,26). The molecule has 1 amide bonds. The lowest BCUT2D eigenvalue weighted by molar-refractivity contribution is -0.116. The van der Waals surface area contributed by atoms with Crippen molar-refractivity contribution in [3.63, 3.8) is 0 Å². The molecule has 1 aromatic heterocycles. The van der Waals surface area contributed by atoms with Crippen LogP contribution in [0.1, 0.15) is 33.6 Å². The maximum Gasteiger partial charge on any atom is 0.226 e. The number of thiazole rings is 1. The van der Waals surface area contributed by atoms with Gasteiger partial charge in [0.2, 0.25) is 5.91 Å². The first-order valence-corrected chi connectivity index (χ1v) is 10.4.